The zero-order valence-corrected chi connectivity index (χ0v) is 11.4. The Kier molecular flexibility index (Phi) is 5.44. The maximum absolute atomic E-state index is 12.4. The number of oxime groups is 1. The van der Waals surface area contributed by atoms with Gasteiger partial charge in [-0.3, -0.25) is 4.79 Å². The van der Waals surface area contributed by atoms with Gasteiger partial charge in [0.25, 0.3) is 0 Å². The molecule has 1 rings (SSSR count). The van der Waals surface area contributed by atoms with Gasteiger partial charge in [0.05, 0.1) is 0 Å². The van der Waals surface area contributed by atoms with Crippen molar-refractivity contribution < 1.29 is 10.0 Å². The van der Waals surface area contributed by atoms with Crippen LogP contribution in [-0.2, 0) is 4.79 Å². The summed E-state index contributed by atoms with van der Waals surface area (Å²) < 4.78 is 0. The van der Waals surface area contributed by atoms with E-state index in [-0.39, 0.29) is 23.2 Å². The first-order valence-electron chi connectivity index (χ1n) is 6.85. The van der Waals surface area contributed by atoms with Crippen molar-refractivity contribution in [2.45, 2.75) is 64.8 Å². The highest BCUT2D eigenvalue weighted by Crippen LogP contribution is 2.41. The third-order valence-corrected chi connectivity index (χ3v) is 4.13. The van der Waals surface area contributed by atoms with E-state index in [0.717, 1.165) is 38.5 Å². The number of carbonyl (C=O) groups is 1. The highest BCUT2D eigenvalue weighted by Gasteiger charge is 2.39. The number of nitrogens with one attached hydrogen (secondary N) is 1. The normalized spacial score (nSPS) is 20.7. The lowest BCUT2D eigenvalue weighted by molar-refractivity contribution is -0.131. The van der Waals surface area contributed by atoms with Gasteiger partial charge in [-0.2, -0.15) is 0 Å². The second-order valence-corrected chi connectivity index (χ2v) is 5.22. The molecule has 0 aromatic rings. The summed E-state index contributed by atoms with van der Waals surface area (Å²) in [7, 11) is 0. The zero-order valence-electron chi connectivity index (χ0n) is 11.4. The van der Waals surface area contributed by atoms with Gasteiger partial charge in [-0.25, -0.2) is 0 Å². The molecule has 1 unspecified atom stereocenters. The van der Waals surface area contributed by atoms with Crippen LogP contribution in [0.2, 0.25) is 0 Å². The van der Waals surface area contributed by atoms with E-state index in [4.69, 9.17) is 10.9 Å². The summed E-state index contributed by atoms with van der Waals surface area (Å²) in [5, 5.41) is 14.6. The van der Waals surface area contributed by atoms with Crippen LogP contribution >= 0.6 is 0 Å². The number of carbonyl (C=O) groups excluding carboxylic acids is 1. The summed E-state index contributed by atoms with van der Waals surface area (Å²) in [6.45, 7) is 4.07. The van der Waals surface area contributed by atoms with Crippen LogP contribution in [0.25, 0.3) is 0 Å². The van der Waals surface area contributed by atoms with Crippen LogP contribution in [0, 0.1) is 5.41 Å². The number of rotatable bonds is 6. The minimum Gasteiger partial charge on any atom is -0.409 e. The fraction of sp³-hybridized carbons (Fsp3) is 0.846. The third kappa shape index (κ3) is 3.37. The Balaban J connectivity index is 2.61. The topological polar surface area (TPSA) is 87.7 Å². The molecule has 1 saturated carbocycles. The van der Waals surface area contributed by atoms with Gasteiger partial charge in [0.15, 0.2) is 0 Å². The molecule has 0 bridgehead atoms. The van der Waals surface area contributed by atoms with Crippen LogP contribution in [-0.4, -0.2) is 23.0 Å². The molecule has 0 aromatic heterocycles. The molecule has 0 saturated heterocycles. The largest absolute Gasteiger partial charge is 0.409 e. The van der Waals surface area contributed by atoms with Crippen LogP contribution in [0.3, 0.4) is 0 Å². The van der Waals surface area contributed by atoms with Crippen molar-refractivity contribution in [3.8, 4) is 0 Å². The van der Waals surface area contributed by atoms with E-state index in [1.807, 2.05) is 6.92 Å². The molecule has 1 atom stereocenters. The fourth-order valence-corrected chi connectivity index (χ4v) is 2.72. The Morgan fingerprint density at radius 2 is 2.06 bits per heavy atom. The maximum atomic E-state index is 12.4. The molecule has 5 nitrogen and oxygen atoms in total. The highest BCUT2D eigenvalue weighted by molar-refractivity contribution is 5.85. The maximum Gasteiger partial charge on any atom is 0.226 e. The molecule has 0 spiro atoms. The lowest BCUT2D eigenvalue weighted by Crippen LogP contribution is -2.45. The molecule has 4 N–H and O–H groups in total. The number of nitrogens with zero attached hydrogens (tertiary/aromatic N) is 1. The van der Waals surface area contributed by atoms with Crippen molar-refractivity contribution >= 4 is 11.7 Å². The Morgan fingerprint density at radius 1 is 1.44 bits per heavy atom. The van der Waals surface area contributed by atoms with Gasteiger partial charge >= 0.3 is 0 Å². The van der Waals surface area contributed by atoms with Crippen molar-refractivity contribution in [1.29, 1.82) is 0 Å². The van der Waals surface area contributed by atoms with E-state index >= 15 is 0 Å². The Hall–Kier alpha value is -1.26. The standard InChI is InChI=1S/C13H25N3O2/c1-3-10(9-11(14)16-18)15-12(17)13(4-2)7-5-6-8-13/h10,18H,3-9H2,1-2H3,(H2,14,16)(H,15,17). The second-order valence-electron chi connectivity index (χ2n) is 5.22. The van der Waals surface area contributed by atoms with Gasteiger partial charge in [-0.05, 0) is 25.7 Å². The van der Waals surface area contributed by atoms with Crippen LogP contribution in [0.1, 0.15) is 58.8 Å². The molecule has 5 heteroatoms. The Labute approximate surface area is 109 Å². The molecule has 0 heterocycles. The number of amidine groups is 1. The van der Waals surface area contributed by atoms with Gasteiger partial charge in [0, 0.05) is 17.9 Å². The minimum absolute atomic E-state index is 0.0441. The first kappa shape index (κ1) is 14.8. The average molecular weight is 255 g/mol. The predicted octanol–water partition coefficient (Wildman–Crippen LogP) is 1.99. The van der Waals surface area contributed by atoms with Gasteiger partial charge in [-0.1, -0.05) is 31.8 Å². The van der Waals surface area contributed by atoms with E-state index in [1.54, 1.807) is 0 Å². The van der Waals surface area contributed by atoms with E-state index < -0.39 is 0 Å². The van der Waals surface area contributed by atoms with Crippen LogP contribution in [0.15, 0.2) is 5.16 Å². The van der Waals surface area contributed by atoms with Crippen molar-refractivity contribution in [2.24, 2.45) is 16.3 Å². The van der Waals surface area contributed by atoms with E-state index in [9.17, 15) is 4.79 Å². The molecular formula is C13H25N3O2. The number of nitrogens with two attached hydrogens (primary N) is 1. The quantitative estimate of drug-likeness (QED) is 0.293. The van der Waals surface area contributed by atoms with Crippen LogP contribution < -0.4 is 11.1 Å². The molecule has 18 heavy (non-hydrogen) atoms. The van der Waals surface area contributed by atoms with Crippen molar-refractivity contribution in [2.75, 3.05) is 0 Å². The van der Waals surface area contributed by atoms with E-state index in [0.29, 0.717) is 6.42 Å². The molecule has 0 aliphatic heterocycles. The summed E-state index contributed by atoms with van der Waals surface area (Å²) in [6.07, 6.45) is 6.31. The molecule has 1 fully saturated rings. The summed E-state index contributed by atoms with van der Waals surface area (Å²) in [5.41, 5.74) is 5.31. The van der Waals surface area contributed by atoms with Crippen molar-refractivity contribution in [1.82, 2.24) is 5.32 Å². The summed E-state index contributed by atoms with van der Waals surface area (Å²) >= 11 is 0. The minimum atomic E-state index is -0.182. The number of hydrogen-bond acceptors (Lipinski definition) is 3. The van der Waals surface area contributed by atoms with Crippen molar-refractivity contribution in [3.05, 3.63) is 0 Å². The molecule has 0 aromatic carbocycles. The molecule has 1 amide bonds. The first-order valence-corrected chi connectivity index (χ1v) is 6.85. The SMILES string of the molecule is CCC(CC(N)=NO)NC(=O)C1(CC)CCCC1. The van der Waals surface area contributed by atoms with Gasteiger partial charge < -0.3 is 16.3 Å². The fourth-order valence-electron chi connectivity index (χ4n) is 2.72. The van der Waals surface area contributed by atoms with Crippen LogP contribution in [0.5, 0.6) is 0 Å². The Morgan fingerprint density at radius 3 is 2.50 bits per heavy atom. The van der Waals surface area contributed by atoms with E-state index in [2.05, 4.69) is 17.4 Å². The van der Waals surface area contributed by atoms with Gasteiger partial charge in [-0.15, -0.1) is 0 Å². The van der Waals surface area contributed by atoms with Crippen LogP contribution in [0.4, 0.5) is 0 Å². The molecule has 1 aliphatic rings. The van der Waals surface area contributed by atoms with Gasteiger partial charge in [0.1, 0.15) is 5.84 Å². The number of hydrogen-bond donors (Lipinski definition) is 3. The smallest absolute Gasteiger partial charge is 0.226 e. The summed E-state index contributed by atoms with van der Waals surface area (Å²) in [6, 6.07) is -0.0441. The second kappa shape index (κ2) is 6.61. The molecule has 0 radical (unpaired) electrons. The summed E-state index contributed by atoms with van der Waals surface area (Å²) in [4.78, 5) is 12.4. The van der Waals surface area contributed by atoms with Gasteiger partial charge in [0.2, 0.25) is 5.91 Å². The van der Waals surface area contributed by atoms with Crippen molar-refractivity contribution in [3.63, 3.8) is 0 Å². The Bertz CT molecular complexity index is 309. The monoisotopic (exact) mass is 255 g/mol. The lowest BCUT2D eigenvalue weighted by atomic mass is 9.82. The van der Waals surface area contributed by atoms with E-state index in [1.165, 1.54) is 0 Å². The predicted molar refractivity (Wildman–Crippen MR) is 71.4 cm³/mol. The lowest BCUT2D eigenvalue weighted by Gasteiger charge is -2.28. The first-order chi connectivity index (χ1) is 8.57. The molecule has 1 aliphatic carbocycles. The zero-order chi connectivity index (χ0) is 13.6. The third-order valence-electron chi connectivity index (χ3n) is 4.13. The highest BCUT2D eigenvalue weighted by atomic mass is 16.4. The molecule has 104 valence electrons. The summed E-state index contributed by atoms with van der Waals surface area (Å²) in [5.74, 6) is 0.305. The average Bonchev–Trinajstić information content (AvgIpc) is 2.87. The number of amides is 1. The molecular weight excluding hydrogens is 230 g/mol.